The molecule has 0 saturated heterocycles. The fourth-order valence-electron chi connectivity index (χ4n) is 5.86. The van der Waals surface area contributed by atoms with Gasteiger partial charge in [-0.3, -0.25) is 0 Å². The molecule has 0 spiro atoms. The van der Waals surface area contributed by atoms with Crippen molar-refractivity contribution in [3.63, 3.8) is 0 Å². The summed E-state index contributed by atoms with van der Waals surface area (Å²) in [5.41, 5.74) is 2.98. The number of carbonyl (C=O) groups excluding carboxylic acids is 2. The third-order valence-electron chi connectivity index (χ3n) is 7.63. The van der Waals surface area contributed by atoms with Crippen molar-refractivity contribution in [3.8, 4) is 0 Å². The molecule has 4 nitrogen and oxygen atoms in total. The summed E-state index contributed by atoms with van der Waals surface area (Å²) in [5, 5.41) is 7.14. The molecule has 0 aliphatic heterocycles. The number of esters is 2. The van der Waals surface area contributed by atoms with E-state index in [0.29, 0.717) is 17.5 Å². The Kier molecular flexibility index (Phi) is 5.33. The highest BCUT2D eigenvalue weighted by Gasteiger charge is 2.37. The van der Waals surface area contributed by atoms with Crippen LogP contribution in [0.4, 0.5) is 0 Å². The van der Waals surface area contributed by atoms with E-state index in [0.717, 1.165) is 28.3 Å². The quantitative estimate of drug-likeness (QED) is 0.186. The fourth-order valence-corrected chi connectivity index (χ4v) is 5.86. The summed E-state index contributed by atoms with van der Waals surface area (Å²) in [6.07, 6.45) is -0.0464. The summed E-state index contributed by atoms with van der Waals surface area (Å²) in [6, 6.07) is 35.0. The van der Waals surface area contributed by atoms with Gasteiger partial charge >= 0.3 is 11.9 Å². The van der Waals surface area contributed by atoms with Crippen LogP contribution in [-0.2, 0) is 15.9 Å². The summed E-state index contributed by atoms with van der Waals surface area (Å²) < 4.78 is 12.2. The van der Waals surface area contributed by atoms with Crippen LogP contribution in [0.15, 0.2) is 109 Å². The van der Waals surface area contributed by atoms with Gasteiger partial charge in [-0.2, -0.15) is 0 Å². The van der Waals surface area contributed by atoms with Crippen molar-refractivity contribution in [2.24, 2.45) is 0 Å². The molecule has 0 saturated carbocycles. The molecule has 4 heteroatoms. The molecule has 0 fully saturated rings. The molecule has 7 rings (SSSR count). The second kappa shape index (κ2) is 9.00. The van der Waals surface area contributed by atoms with Crippen LogP contribution >= 0.6 is 0 Å². The van der Waals surface area contributed by atoms with Crippen LogP contribution in [0.3, 0.4) is 0 Å². The first-order valence-corrected chi connectivity index (χ1v) is 12.9. The molecule has 6 aromatic rings. The van der Waals surface area contributed by atoms with Gasteiger partial charge in [-0.05, 0) is 81.1 Å². The van der Waals surface area contributed by atoms with Crippen molar-refractivity contribution < 1.29 is 19.1 Å². The van der Waals surface area contributed by atoms with Gasteiger partial charge in [0.15, 0.2) is 6.10 Å². The first kappa shape index (κ1) is 22.5. The van der Waals surface area contributed by atoms with E-state index in [2.05, 4.69) is 48.5 Å². The molecule has 0 N–H and O–H groups in total. The zero-order chi connectivity index (χ0) is 25.6. The number of rotatable bonds is 4. The molecule has 2 atom stereocenters. The van der Waals surface area contributed by atoms with Gasteiger partial charge in [0.25, 0.3) is 0 Å². The van der Waals surface area contributed by atoms with Crippen molar-refractivity contribution in [3.05, 3.63) is 131 Å². The topological polar surface area (TPSA) is 52.6 Å². The van der Waals surface area contributed by atoms with Gasteiger partial charge in [0, 0.05) is 5.56 Å². The molecule has 38 heavy (non-hydrogen) atoms. The predicted molar refractivity (Wildman–Crippen MR) is 149 cm³/mol. The lowest BCUT2D eigenvalue weighted by Gasteiger charge is -2.34. The Labute approximate surface area is 219 Å². The smallest absolute Gasteiger partial charge is 0.338 e. The highest BCUT2D eigenvalue weighted by Crippen LogP contribution is 2.44. The molecule has 0 aromatic heterocycles. The first-order valence-electron chi connectivity index (χ1n) is 12.9. The second-order valence-electron chi connectivity index (χ2n) is 9.84. The van der Waals surface area contributed by atoms with Gasteiger partial charge < -0.3 is 9.47 Å². The molecule has 0 heterocycles. The normalized spacial score (nSPS) is 16.9. The van der Waals surface area contributed by atoms with Gasteiger partial charge in [0.1, 0.15) is 6.10 Å². The fraction of sp³-hybridized carbons (Fsp3) is 0.118. The largest absolute Gasteiger partial charge is 0.454 e. The van der Waals surface area contributed by atoms with Crippen molar-refractivity contribution in [1.29, 1.82) is 0 Å². The zero-order valence-corrected chi connectivity index (χ0v) is 20.6. The molecule has 0 bridgehead atoms. The maximum atomic E-state index is 13.2. The second-order valence-corrected chi connectivity index (χ2v) is 9.84. The van der Waals surface area contributed by atoms with Crippen molar-refractivity contribution >= 4 is 44.3 Å². The third kappa shape index (κ3) is 3.69. The number of hydrogen-bond acceptors (Lipinski definition) is 4. The monoisotopic (exact) mass is 496 g/mol. The number of ether oxygens (including phenoxy) is 2. The molecule has 1 aliphatic rings. The van der Waals surface area contributed by atoms with Gasteiger partial charge in [0.05, 0.1) is 11.1 Å². The Morgan fingerprint density at radius 1 is 0.605 bits per heavy atom. The van der Waals surface area contributed by atoms with E-state index in [1.165, 1.54) is 21.5 Å². The minimum atomic E-state index is -0.721. The Balaban J connectivity index is 1.36. The summed E-state index contributed by atoms with van der Waals surface area (Å²) in [7, 11) is 0. The van der Waals surface area contributed by atoms with Crippen molar-refractivity contribution in [2.45, 2.75) is 25.0 Å². The lowest BCUT2D eigenvalue weighted by Crippen LogP contribution is -2.33. The molecule has 184 valence electrons. The maximum absolute atomic E-state index is 13.2. The van der Waals surface area contributed by atoms with Crippen LogP contribution in [0.1, 0.15) is 44.4 Å². The lowest BCUT2D eigenvalue weighted by molar-refractivity contribution is -0.0435. The number of benzene rings is 6. The average Bonchev–Trinajstić information content (AvgIpc) is 2.97. The SMILES string of the molecule is O=C(O[C@H]1CCc2c(cc3ccc4cccc5ccc2c3c45)[C@@H]1OC(=O)c1ccccc1)c1ccccc1. The van der Waals surface area contributed by atoms with E-state index in [4.69, 9.17) is 9.47 Å². The molecule has 6 aromatic carbocycles. The van der Waals surface area contributed by atoms with Crippen LogP contribution in [0.5, 0.6) is 0 Å². The van der Waals surface area contributed by atoms with Crippen LogP contribution in [0.25, 0.3) is 32.3 Å². The molecule has 0 amide bonds. The van der Waals surface area contributed by atoms with Crippen LogP contribution in [0.2, 0.25) is 0 Å². The van der Waals surface area contributed by atoms with Crippen LogP contribution in [-0.4, -0.2) is 18.0 Å². The molecule has 0 radical (unpaired) electrons. The highest BCUT2D eigenvalue weighted by molar-refractivity contribution is 6.23. The molecular weight excluding hydrogens is 472 g/mol. The lowest BCUT2D eigenvalue weighted by atomic mass is 9.81. The summed E-state index contributed by atoms with van der Waals surface area (Å²) in [5.74, 6) is -0.855. The summed E-state index contributed by atoms with van der Waals surface area (Å²) in [4.78, 5) is 26.3. The third-order valence-corrected chi connectivity index (χ3v) is 7.63. The average molecular weight is 497 g/mol. The van der Waals surface area contributed by atoms with E-state index in [1.807, 2.05) is 36.4 Å². The zero-order valence-electron chi connectivity index (χ0n) is 20.6. The van der Waals surface area contributed by atoms with Gasteiger partial charge in [-0.15, -0.1) is 0 Å². The van der Waals surface area contributed by atoms with E-state index in [-0.39, 0.29) is 0 Å². The van der Waals surface area contributed by atoms with E-state index < -0.39 is 24.1 Å². The van der Waals surface area contributed by atoms with Gasteiger partial charge in [0.2, 0.25) is 0 Å². The number of carbonyl (C=O) groups is 2. The number of hydrogen-bond donors (Lipinski definition) is 0. The number of aryl methyl sites for hydroxylation is 1. The van der Waals surface area contributed by atoms with Crippen LogP contribution < -0.4 is 0 Å². The number of fused-ring (bicyclic) bond motifs is 2. The molecule has 1 aliphatic carbocycles. The Morgan fingerprint density at radius 3 is 1.89 bits per heavy atom. The van der Waals surface area contributed by atoms with Crippen LogP contribution in [0, 0.1) is 0 Å². The predicted octanol–water partition coefficient (Wildman–Crippen LogP) is 7.65. The molecular formula is C34H24O4. The minimum Gasteiger partial charge on any atom is -0.454 e. The summed E-state index contributed by atoms with van der Waals surface area (Å²) in [6.45, 7) is 0. The Morgan fingerprint density at radius 2 is 1.21 bits per heavy atom. The highest BCUT2D eigenvalue weighted by atomic mass is 16.6. The first-order chi connectivity index (χ1) is 18.7. The van der Waals surface area contributed by atoms with Crippen molar-refractivity contribution in [1.82, 2.24) is 0 Å². The maximum Gasteiger partial charge on any atom is 0.338 e. The molecule has 0 unspecified atom stereocenters. The van der Waals surface area contributed by atoms with Crippen molar-refractivity contribution in [2.75, 3.05) is 0 Å². The Hall–Kier alpha value is -4.70. The van der Waals surface area contributed by atoms with Gasteiger partial charge in [-0.1, -0.05) is 78.9 Å². The standard InChI is InChI=1S/C34H24O4/c35-33(23-8-3-1-4-9-23)37-29-19-18-26-27-17-16-22-13-7-12-21-14-15-25(31(27)30(21)22)20-28(26)32(29)38-34(36)24-10-5-2-6-11-24/h1-17,20,29,32H,18-19H2/t29-,32-/m0/s1. The van der Waals surface area contributed by atoms with E-state index in [1.54, 1.807) is 24.3 Å². The van der Waals surface area contributed by atoms with E-state index in [9.17, 15) is 9.59 Å². The van der Waals surface area contributed by atoms with E-state index >= 15 is 0 Å². The van der Waals surface area contributed by atoms with Gasteiger partial charge in [-0.25, -0.2) is 9.59 Å². The summed E-state index contributed by atoms with van der Waals surface area (Å²) >= 11 is 0. The minimum absolute atomic E-state index is 0.419. The Bertz CT molecular complexity index is 1790.